The van der Waals surface area contributed by atoms with E-state index in [0.717, 1.165) is 77.3 Å². The normalized spacial score (nSPS) is 14.3. The van der Waals surface area contributed by atoms with Crippen LogP contribution >= 0.6 is 0 Å². The number of benzene rings is 4. The van der Waals surface area contributed by atoms with E-state index in [1.807, 2.05) is 60.7 Å². The Labute approximate surface area is 245 Å². The van der Waals surface area contributed by atoms with Gasteiger partial charge in [-0.2, -0.15) is 0 Å². The maximum atomic E-state index is 9.13. The molecule has 41 heavy (non-hydrogen) atoms. The summed E-state index contributed by atoms with van der Waals surface area (Å²) in [5.41, 5.74) is 5.06. The predicted octanol–water partition coefficient (Wildman–Crippen LogP) is 7.86. The van der Waals surface area contributed by atoms with Gasteiger partial charge in [0.15, 0.2) is 0 Å². The molecule has 5 nitrogen and oxygen atoms in total. The van der Waals surface area contributed by atoms with Gasteiger partial charge in [0, 0.05) is 49.4 Å². The number of hydrogen-bond donors (Lipinski definition) is 2. The summed E-state index contributed by atoms with van der Waals surface area (Å²) in [6, 6.07) is 29.6. The molecule has 0 spiro atoms. The number of fused-ring (bicyclic) bond motifs is 2. The zero-order valence-corrected chi connectivity index (χ0v) is 24.5. The van der Waals surface area contributed by atoms with Crippen molar-refractivity contribution in [1.82, 2.24) is 10.2 Å². The highest BCUT2D eigenvalue weighted by Crippen LogP contribution is 2.38. The number of unbranched alkanes of at least 4 members (excludes halogenated alkanes) is 2. The fraction of sp³-hybridized carbons (Fsp3) is 0.306. The van der Waals surface area contributed by atoms with E-state index in [1.54, 1.807) is 12.1 Å². The lowest BCUT2D eigenvalue weighted by Gasteiger charge is -2.26. The molecule has 4 aromatic carbocycles. The van der Waals surface area contributed by atoms with Gasteiger partial charge in [0.1, 0.15) is 18.1 Å². The van der Waals surface area contributed by atoms with E-state index in [-0.39, 0.29) is 0 Å². The fourth-order valence-electron chi connectivity index (χ4n) is 4.85. The molecular formula is C36H43N3O2. The Kier molecular flexibility index (Phi) is 11.5. The summed E-state index contributed by atoms with van der Waals surface area (Å²) in [6.45, 7) is 14.7. The summed E-state index contributed by atoms with van der Waals surface area (Å²) in [7, 11) is 0. The SMILES string of the molecule is C=C1C(c2ccccc2)=Nc2ccc(OCCN3CCNCC3)cc21.CCCCC.Oc1ccc2ccccc2c1. The van der Waals surface area contributed by atoms with E-state index in [0.29, 0.717) is 12.4 Å². The third-order valence-electron chi connectivity index (χ3n) is 7.18. The first-order chi connectivity index (χ1) is 20.1. The van der Waals surface area contributed by atoms with Crippen molar-refractivity contribution in [2.24, 2.45) is 4.99 Å². The first-order valence-electron chi connectivity index (χ1n) is 14.8. The number of phenols is 1. The fourth-order valence-corrected chi connectivity index (χ4v) is 4.85. The van der Waals surface area contributed by atoms with Gasteiger partial charge in [0.25, 0.3) is 0 Å². The zero-order chi connectivity index (χ0) is 28.9. The lowest BCUT2D eigenvalue weighted by Crippen LogP contribution is -2.44. The monoisotopic (exact) mass is 549 g/mol. The Morgan fingerprint density at radius 2 is 1.56 bits per heavy atom. The van der Waals surface area contributed by atoms with Gasteiger partial charge < -0.3 is 15.2 Å². The largest absolute Gasteiger partial charge is 0.508 e. The van der Waals surface area contributed by atoms with E-state index < -0.39 is 0 Å². The Morgan fingerprint density at radius 1 is 0.854 bits per heavy atom. The number of allylic oxidation sites excluding steroid dienone is 1. The van der Waals surface area contributed by atoms with E-state index in [1.165, 1.54) is 19.3 Å². The number of nitrogens with zero attached hydrogens (tertiary/aromatic N) is 2. The Hall–Kier alpha value is -3.93. The minimum absolute atomic E-state index is 0.323. The molecule has 5 heteroatoms. The van der Waals surface area contributed by atoms with Gasteiger partial charge in [-0.3, -0.25) is 4.90 Å². The van der Waals surface area contributed by atoms with Crippen LogP contribution in [-0.4, -0.2) is 55.0 Å². The number of piperazine rings is 1. The van der Waals surface area contributed by atoms with E-state index in [9.17, 15) is 0 Å². The summed E-state index contributed by atoms with van der Waals surface area (Å²) in [4.78, 5) is 7.17. The molecule has 2 heterocycles. The number of ether oxygens (including phenoxy) is 1. The summed E-state index contributed by atoms with van der Waals surface area (Å²) in [5.74, 6) is 1.21. The van der Waals surface area contributed by atoms with Crippen LogP contribution in [0.3, 0.4) is 0 Å². The second kappa shape index (κ2) is 15.8. The lowest BCUT2D eigenvalue weighted by molar-refractivity contribution is 0.191. The minimum atomic E-state index is 0.323. The van der Waals surface area contributed by atoms with Crippen LogP contribution in [0, 0.1) is 0 Å². The van der Waals surface area contributed by atoms with Crippen molar-refractivity contribution in [1.29, 1.82) is 0 Å². The molecule has 0 saturated carbocycles. The highest BCUT2D eigenvalue weighted by molar-refractivity contribution is 6.35. The van der Waals surface area contributed by atoms with Crippen LogP contribution < -0.4 is 10.1 Å². The number of nitrogens with one attached hydrogen (secondary N) is 1. The van der Waals surface area contributed by atoms with Gasteiger partial charge in [-0.05, 0) is 41.1 Å². The summed E-state index contributed by atoms with van der Waals surface area (Å²) in [6.07, 6.45) is 4.08. The van der Waals surface area contributed by atoms with Crippen molar-refractivity contribution < 1.29 is 9.84 Å². The number of aromatic hydroxyl groups is 1. The van der Waals surface area contributed by atoms with Crippen molar-refractivity contribution in [3.63, 3.8) is 0 Å². The number of rotatable bonds is 7. The molecule has 214 valence electrons. The highest BCUT2D eigenvalue weighted by Gasteiger charge is 2.21. The van der Waals surface area contributed by atoms with Gasteiger partial charge in [0.05, 0.1) is 11.4 Å². The van der Waals surface area contributed by atoms with Gasteiger partial charge in [0.2, 0.25) is 0 Å². The quantitative estimate of drug-likeness (QED) is 0.246. The van der Waals surface area contributed by atoms with Gasteiger partial charge in [-0.15, -0.1) is 0 Å². The number of phenolic OH excluding ortho intramolecular Hbond substituents is 1. The number of hydrogen-bond acceptors (Lipinski definition) is 5. The van der Waals surface area contributed by atoms with Crippen LogP contribution in [0.4, 0.5) is 5.69 Å². The van der Waals surface area contributed by atoms with Crippen LogP contribution in [0.15, 0.2) is 103 Å². The van der Waals surface area contributed by atoms with Crippen LogP contribution in [0.25, 0.3) is 16.3 Å². The second-order valence-electron chi connectivity index (χ2n) is 10.3. The highest BCUT2D eigenvalue weighted by atomic mass is 16.5. The standard InChI is InChI=1S/C21H23N3O.C10H8O.C5H12/c1-16-19-15-18(25-14-13-24-11-9-22-10-12-24)7-8-20(19)23-21(16)17-5-3-2-4-6-17;11-10-6-5-8-3-1-2-4-9(8)7-10;1-3-5-4-2/h2-8,15,22H,1,9-14H2;1-7,11H;3-5H2,1-2H3. The van der Waals surface area contributed by atoms with Crippen LogP contribution in [0.1, 0.15) is 44.2 Å². The summed E-state index contributed by atoms with van der Waals surface area (Å²) < 4.78 is 5.97. The molecule has 0 unspecified atom stereocenters. The molecule has 0 aliphatic carbocycles. The molecule has 2 aliphatic rings. The molecule has 6 rings (SSSR count). The average molecular weight is 550 g/mol. The maximum Gasteiger partial charge on any atom is 0.120 e. The molecule has 0 radical (unpaired) electrons. The van der Waals surface area contributed by atoms with E-state index >= 15 is 0 Å². The van der Waals surface area contributed by atoms with Gasteiger partial charge in [-0.1, -0.05) is 100 Å². The molecule has 0 amide bonds. The molecule has 0 bridgehead atoms. The molecule has 4 aromatic rings. The van der Waals surface area contributed by atoms with Crippen molar-refractivity contribution >= 4 is 27.7 Å². The van der Waals surface area contributed by atoms with E-state index in [2.05, 4.69) is 48.8 Å². The van der Waals surface area contributed by atoms with Crippen molar-refractivity contribution in [3.05, 3.63) is 109 Å². The summed E-state index contributed by atoms with van der Waals surface area (Å²) in [5, 5.41) is 14.7. The maximum absolute atomic E-state index is 9.13. The third-order valence-corrected chi connectivity index (χ3v) is 7.18. The van der Waals surface area contributed by atoms with Crippen molar-refractivity contribution in [3.8, 4) is 11.5 Å². The zero-order valence-electron chi connectivity index (χ0n) is 24.5. The topological polar surface area (TPSA) is 57.1 Å². The Morgan fingerprint density at radius 3 is 2.27 bits per heavy atom. The minimum Gasteiger partial charge on any atom is -0.508 e. The second-order valence-corrected chi connectivity index (χ2v) is 10.3. The average Bonchev–Trinajstić information content (AvgIpc) is 3.35. The van der Waals surface area contributed by atoms with Gasteiger partial charge >= 0.3 is 0 Å². The van der Waals surface area contributed by atoms with Crippen LogP contribution in [0.2, 0.25) is 0 Å². The van der Waals surface area contributed by atoms with Crippen LogP contribution in [-0.2, 0) is 0 Å². The first kappa shape index (κ1) is 30.0. The first-order valence-corrected chi connectivity index (χ1v) is 14.8. The Bertz CT molecular complexity index is 1420. The molecule has 1 saturated heterocycles. The predicted molar refractivity (Wildman–Crippen MR) is 174 cm³/mol. The smallest absolute Gasteiger partial charge is 0.120 e. The van der Waals surface area contributed by atoms with Crippen molar-refractivity contribution in [2.45, 2.75) is 33.1 Å². The Balaban J connectivity index is 0.000000199. The molecule has 2 aliphatic heterocycles. The number of aliphatic imine (C=N–C) groups is 1. The molecule has 1 fully saturated rings. The van der Waals surface area contributed by atoms with Crippen LogP contribution in [0.5, 0.6) is 11.5 Å². The molecule has 2 N–H and O–H groups in total. The molecule has 0 atom stereocenters. The van der Waals surface area contributed by atoms with E-state index in [4.69, 9.17) is 14.8 Å². The van der Waals surface area contributed by atoms with Crippen molar-refractivity contribution in [2.75, 3.05) is 39.3 Å². The van der Waals surface area contributed by atoms with Gasteiger partial charge in [-0.25, -0.2) is 4.99 Å². The molecule has 0 aromatic heterocycles. The third kappa shape index (κ3) is 8.78. The summed E-state index contributed by atoms with van der Waals surface area (Å²) >= 11 is 0. The lowest BCUT2D eigenvalue weighted by atomic mass is 9.99. The molecular weight excluding hydrogens is 506 g/mol.